The van der Waals surface area contributed by atoms with Gasteiger partial charge in [0.1, 0.15) is 5.69 Å². The van der Waals surface area contributed by atoms with E-state index in [2.05, 4.69) is 0 Å². The molecule has 1 heterocycles. The molecule has 0 fully saturated rings. The predicted molar refractivity (Wildman–Crippen MR) is 71.6 cm³/mol. The molecule has 1 amide bonds. The molecule has 112 valence electrons. The lowest BCUT2D eigenvalue weighted by Gasteiger charge is -2.20. The van der Waals surface area contributed by atoms with Crippen molar-refractivity contribution in [3.8, 4) is 0 Å². The molecule has 20 heavy (non-hydrogen) atoms. The van der Waals surface area contributed by atoms with Crippen LogP contribution < -0.4 is 0 Å². The maximum absolute atomic E-state index is 12.2. The topological polar surface area (TPSA) is 97.8 Å². The number of amides is 1. The second-order valence-electron chi connectivity index (χ2n) is 4.42. The molecule has 1 N–H and O–H groups in total. The number of aryl methyl sites for hydroxylation is 1. The maximum Gasteiger partial charge on any atom is 0.287 e. The first-order chi connectivity index (χ1) is 9.40. The van der Waals surface area contributed by atoms with Crippen LogP contribution in [-0.4, -0.2) is 58.8 Å². The SMILES string of the molecule is CCn1cc([N+](=O)[O-])cc1C(=O)N(C)CC(O)COC. The van der Waals surface area contributed by atoms with Gasteiger partial charge in [0.25, 0.3) is 11.6 Å². The fourth-order valence-corrected chi connectivity index (χ4v) is 1.88. The Hall–Kier alpha value is -1.93. The molecule has 8 nitrogen and oxygen atoms in total. The first-order valence-electron chi connectivity index (χ1n) is 6.17. The number of aromatic nitrogens is 1. The zero-order valence-corrected chi connectivity index (χ0v) is 11.8. The molecule has 1 atom stereocenters. The maximum atomic E-state index is 12.2. The highest BCUT2D eigenvalue weighted by Gasteiger charge is 2.22. The van der Waals surface area contributed by atoms with Gasteiger partial charge in [-0.2, -0.15) is 0 Å². The lowest BCUT2D eigenvalue weighted by molar-refractivity contribution is -0.384. The average Bonchev–Trinajstić information content (AvgIpc) is 2.82. The molecule has 0 radical (unpaired) electrons. The molecule has 1 rings (SSSR count). The lowest BCUT2D eigenvalue weighted by Crippen LogP contribution is -2.37. The molecule has 0 spiro atoms. The summed E-state index contributed by atoms with van der Waals surface area (Å²) < 4.78 is 6.30. The summed E-state index contributed by atoms with van der Waals surface area (Å²) in [4.78, 5) is 23.8. The minimum atomic E-state index is -0.797. The molecule has 1 aromatic rings. The first-order valence-corrected chi connectivity index (χ1v) is 6.17. The van der Waals surface area contributed by atoms with Gasteiger partial charge in [-0.15, -0.1) is 0 Å². The summed E-state index contributed by atoms with van der Waals surface area (Å²) in [6.07, 6.45) is 0.529. The van der Waals surface area contributed by atoms with E-state index in [-0.39, 0.29) is 30.4 Å². The highest BCUT2D eigenvalue weighted by Crippen LogP contribution is 2.17. The number of nitro groups is 1. The van der Waals surface area contributed by atoms with E-state index in [9.17, 15) is 20.0 Å². The monoisotopic (exact) mass is 285 g/mol. The van der Waals surface area contributed by atoms with Crippen LogP contribution >= 0.6 is 0 Å². The number of carbonyl (C=O) groups excluding carboxylic acids is 1. The molecular formula is C12H19N3O5. The van der Waals surface area contributed by atoms with Gasteiger partial charge in [0.2, 0.25) is 0 Å². The fourth-order valence-electron chi connectivity index (χ4n) is 1.88. The number of hydrogen-bond acceptors (Lipinski definition) is 5. The molecule has 1 aromatic heterocycles. The summed E-state index contributed by atoms with van der Waals surface area (Å²) in [5.41, 5.74) is 0.104. The van der Waals surface area contributed by atoms with Gasteiger partial charge in [0.05, 0.1) is 23.8 Å². The standard InChI is InChI=1S/C12H19N3O5/c1-4-14-6-9(15(18)19)5-11(14)12(17)13(2)7-10(16)8-20-3/h5-6,10,16H,4,7-8H2,1-3H3. The van der Waals surface area contributed by atoms with Crippen LogP contribution in [0.3, 0.4) is 0 Å². The van der Waals surface area contributed by atoms with Crippen molar-refractivity contribution in [1.29, 1.82) is 0 Å². The van der Waals surface area contributed by atoms with E-state index in [1.54, 1.807) is 6.92 Å². The molecule has 0 saturated carbocycles. The van der Waals surface area contributed by atoms with E-state index < -0.39 is 11.0 Å². The highest BCUT2D eigenvalue weighted by atomic mass is 16.6. The Morgan fingerprint density at radius 1 is 1.65 bits per heavy atom. The quantitative estimate of drug-likeness (QED) is 0.581. The van der Waals surface area contributed by atoms with Crippen molar-refractivity contribution in [2.45, 2.75) is 19.6 Å². The van der Waals surface area contributed by atoms with E-state index in [0.29, 0.717) is 6.54 Å². The fraction of sp³-hybridized carbons (Fsp3) is 0.583. The number of carbonyl (C=O) groups is 1. The number of hydrogen-bond donors (Lipinski definition) is 1. The predicted octanol–water partition coefficient (Wildman–Crippen LogP) is 0.495. The van der Waals surface area contributed by atoms with Gasteiger partial charge in [0, 0.05) is 33.3 Å². The van der Waals surface area contributed by atoms with E-state index in [0.717, 1.165) is 0 Å². The van der Waals surface area contributed by atoms with Crippen molar-refractivity contribution in [3.63, 3.8) is 0 Å². The third-order valence-corrected chi connectivity index (χ3v) is 2.84. The molecule has 0 bridgehead atoms. The van der Waals surface area contributed by atoms with Gasteiger partial charge in [-0.05, 0) is 6.92 Å². The minimum Gasteiger partial charge on any atom is -0.389 e. The Morgan fingerprint density at radius 3 is 2.80 bits per heavy atom. The van der Waals surface area contributed by atoms with Crippen LogP contribution in [0.25, 0.3) is 0 Å². The minimum absolute atomic E-state index is 0.0926. The Labute approximate surface area is 116 Å². The van der Waals surface area contributed by atoms with Gasteiger partial charge in [-0.1, -0.05) is 0 Å². The number of aliphatic hydroxyl groups is 1. The van der Waals surface area contributed by atoms with Gasteiger partial charge in [-0.25, -0.2) is 0 Å². The van der Waals surface area contributed by atoms with Crippen LogP contribution in [0, 0.1) is 10.1 Å². The Morgan fingerprint density at radius 2 is 2.30 bits per heavy atom. The first kappa shape index (κ1) is 16.1. The zero-order chi connectivity index (χ0) is 15.3. The third kappa shape index (κ3) is 3.78. The number of rotatable bonds is 7. The number of methoxy groups -OCH3 is 1. The zero-order valence-electron chi connectivity index (χ0n) is 11.8. The smallest absolute Gasteiger partial charge is 0.287 e. The van der Waals surface area contributed by atoms with Crippen LogP contribution in [0.4, 0.5) is 5.69 Å². The summed E-state index contributed by atoms with van der Waals surface area (Å²) in [6.45, 7) is 2.45. The van der Waals surface area contributed by atoms with Crippen LogP contribution in [0.1, 0.15) is 17.4 Å². The largest absolute Gasteiger partial charge is 0.389 e. The normalized spacial score (nSPS) is 12.2. The van der Waals surface area contributed by atoms with E-state index in [4.69, 9.17) is 4.74 Å². The van der Waals surface area contributed by atoms with Gasteiger partial charge >= 0.3 is 0 Å². The van der Waals surface area contributed by atoms with Crippen molar-refractivity contribution < 1.29 is 19.6 Å². The summed E-state index contributed by atoms with van der Waals surface area (Å²) >= 11 is 0. The molecule has 0 aliphatic heterocycles. The van der Waals surface area contributed by atoms with Crippen molar-refractivity contribution >= 4 is 11.6 Å². The number of ether oxygens (including phenoxy) is 1. The van der Waals surface area contributed by atoms with Gasteiger partial charge < -0.3 is 19.3 Å². The van der Waals surface area contributed by atoms with Crippen LogP contribution in [0.2, 0.25) is 0 Å². The summed E-state index contributed by atoms with van der Waals surface area (Å²) in [5, 5.41) is 20.3. The lowest BCUT2D eigenvalue weighted by atomic mass is 10.3. The summed E-state index contributed by atoms with van der Waals surface area (Å²) in [7, 11) is 2.98. The number of likely N-dealkylation sites (N-methyl/N-ethyl adjacent to an activating group) is 1. The Bertz CT molecular complexity index is 485. The Kier molecular flexibility index (Phi) is 5.66. The second kappa shape index (κ2) is 7.01. The number of nitrogens with zero attached hydrogens (tertiary/aromatic N) is 3. The second-order valence-corrected chi connectivity index (χ2v) is 4.42. The van der Waals surface area contributed by atoms with Crippen molar-refractivity contribution in [3.05, 3.63) is 28.1 Å². The molecule has 1 unspecified atom stereocenters. The van der Waals surface area contributed by atoms with Gasteiger partial charge in [-0.3, -0.25) is 14.9 Å². The van der Waals surface area contributed by atoms with E-state index in [1.807, 2.05) is 0 Å². The molecular weight excluding hydrogens is 266 g/mol. The Balaban J connectivity index is 2.87. The molecule has 0 saturated heterocycles. The third-order valence-electron chi connectivity index (χ3n) is 2.84. The number of aliphatic hydroxyl groups excluding tert-OH is 1. The molecule has 0 aliphatic carbocycles. The molecule has 0 aliphatic rings. The van der Waals surface area contributed by atoms with Crippen LogP contribution in [0.15, 0.2) is 12.3 Å². The molecule has 8 heteroatoms. The molecule has 0 aromatic carbocycles. The highest BCUT2D eigenvalue weighted by molar-refractivity contribution is 5.93. The van der Waals surface area contributed by atoms with Crippen LogP contribution in [-0.2, 0) is 11.3 Å². The van der Waals surface area contributed by atoms with Crippen LogP contribution in [0.5, 0.6) is 0 Å². The summed E-state index contributed by atoms with van der Waals surface area (Å²) in [6, 6.07) is 1.24. The van der Waals surface area contributed by atoms with E-state index in [1.165, 1.54) is 35.9 Å². The average molecular weight is 285 g/mol. The van der Waals surface area contributed by atoms with Crippen molar-refractivity contribution in [2.24, 2.45) is 0 Å². The van der Waals surface area contributed by atoms with Gasteiger partial charge in [0.15, 0.2) is 0 Å². The summed E-state index contributed by atoms with van der Waals surface area (Å²) in [5.74, 6) is -0.380. The van der Waals surface area contributed by atoms with Crippen molar-refractivity contribution in [2.75, 3.05) is 27.3 Å². The van der Waals surface area contributed by atoms with E-state index >= 15 is 0 Å². The van der Waals surface area contributed by atoms with Crippen molar-refractivity contribution in [1.82, 2.24) is 9.47 Å².